The minimum absolute atomic E-state index is 0.0119. The van der Waals surface area contributed by atoms with Gasteiger partial charge in [-0.2, -0.15) is 0 Å². The lowest BCUT2D eigenvalue weighted by molar-refractivity contribution is 0.103. The molecule has 0 bridgehead atoms. The summed E-state index contributed by atoms with van der Waals surface area (Å²) in [5.74, 6) is -1.83. The van der Waals surface area contributed by atoms with Gasteiger partial charge in [0.25, 0.3) is 0 Å². The molecule has 1 atom stereocenters. The third-order valence-corrected chi connectivity index (χ3v) is 7.84. The molecule has 39 heavy (non-hydrogen) atoms. The van der Waals surface area contributed by atoms with Gasteiger partial charge in [0.15, 0.2) is 0 Å². The molecule has 1 aromatic heterocycles. The molecule has 7 nitrogen and oxygen atoms in total. The van der Waals surface area contributed by atoms with Crippen molar-refractivity contribution in [1.29, 1.82) is 0 Å². The molecule has 0 spiro atoms. The van der Waals surface area contributed by atoms with Crippen molar-refractivity contribution in [3.63, 3.8) is 0 Å². The SMILES string of the molecule is CC.CC/C(C)=C(\NC1=CCC(S(N)(=O)=O)C=C1)S/C(C(=O)c1c(F)cccc1F)=C(\C)N.Cc1ccco1. The van der Waals surface area contributed by atoms with Gasteiger partial charge in [0.1, 0.15) is 17.4 Å². The number of sulfonamides is 1. The van der Waals surface area contributed by atoms with Crippen molar-refractivity contribution in [2.45, 2.75) is 59.6 Å². The Morgan fingerprint density at radius 2 is 1.77 bits per heavy atom. The smallest absolute Gasteiger partial charge is 0.215 e. The largest absolute Gasteiger partial charge is 0.470 e. The van der Waals surface area contributed by atoms with E-state index in [9.17, 15) is 22.0 Å². The number of nitrogens with two attached hydrogens (primary N) is 2. The van der Waals surface area contributed by atoms with E-state index in [4.69, 9.17) is 15.3 Å². The Labute approximate surface area is 234 Å². The number of nitrogens with one attached hydrogen (secondary N) is 1. The van der Waals surface area contributed by atoms with Gasteiger partial charge in [-0.15, -0.1) is 0 Å². The van der Waals surface area contributed by atoms with Gasteiger partial charge < -0.3 is 15.5 Å². The number of ketones is 1. The molecule has 2 aromatic rings. The molecule has 1 aromatic carbocycles. The summed E-state index contributed by atoms with van der Waals surface area (Å²) in [7, 11) is -3.70. The summed E-state index contributed by atoms with van der Waals surface area (Å²) in [5, 5.41) is 8.07. The average Bonchev–Trinajstić information content (AvgIpc) is 3.37. The van der Waals surface area contributed by atoms with E-state index < -0.39 is 38.3 Å². The van der Waals surface area contributed by atoms with E-state index in [1.54, 1.807) is 18.4 Å². The van der Waals surface area contributed by atoms with Gasteiger partial charge in [0, 0.05) is 11.4 Å². The number of rotatable bonds is 8. The first kappa shape index (κ1) is 33.9. The fraction of sp³-hybridized carbons (Fsp3) is 0.321. The minimum atomic E-state index is -3.70. The van der Waals surface area contributed by atoms with Gasteiger partial charge >= 0.3 is 0 Å². The van der Waals surface area contributed by atoms with Gasteiger partial charge in [0.2, 0.25) is 15.8 Å². The zero-order valence-electron chi connectivity index (χ0n) is 23.0. The van der Waals surface area contributed by atoms with Crippen LogP contribution in [0.3, 0.4) is 0 Å². The Hall–Kier alpha value is -3.15. The first-order chi connectivity index (χ1) is 18.3. The zero-order chi connectivity index (χ0) is 29.8. The number of carbonyl (C=O) groups excluding carboxylic acids is 1. The van der Waals surface area contributed by atoms with E-state index in [0.29, 0.717) is 17.1 Å². The number of aryl methyl sites for hydroxylation is 1. The number of benzene rings is 1. The van der Waals surface area contributed by atoms with Crippen molar-refractivity contribution in [1.82, 2.24) is 5.32 Å². The molecule has 1 heterocycles. The molecular weight excluding hydrogens is 544 g/mol. The number of primary sulfonamides is 1. The number of thioether (sulfide) groups is 1. The highest BCUT2D eigenvalue weighted by molar-refractivity contribution is 8.07. The van der Waals surface area contributed by atoms with Crippen molar-refractivity contribution in [3.05, 3.63) is 105 Å². The molecule has 0 fully saturated rings. The van der Waals surface area contributed by atoms with Crippen LogP contribution in [0.5, 0.6) is 0 Å². The standard InChI is InChI=1S/C21H25F2N3O3S2.C5H6O.C2H6/c1-4-12(2)21(26-14-8-10-15(11-9-14)31(25,28)29)30-20(13(3)24)19(27)18-16(22)6-5-7-17(18)23;1-5-3-2-4-6-5;1-2/h5-10,15,26H,4,11,24H2,1-3H3,(H2,25,28,29);2-4H,1H3;1-2H3/b20-13+,21-12+;;. The molecule has 1 aliphatic carbocycles. The molecule has 11 heteroatoms. The number of carbonyl (C=O) groups is 1. The van der Waals surface area contributed by atoms with Crippen LogP contribution in [-0.4, -0.2) is 19.5 Å². The molecule has 0 aliphatic heterocycles. The van der Waals surface area contributed by atoms with Gasteiger partial charge in [-0.25, -0.2) is 22.3 Å². The van der Waals surface area contributed by atoms with Crippen LogP contribution in [0.15, 0.2) is 86.1 Å². The maximum Gasteiger partial charge on any atom is 0.215 e. The third kappa shape index (κ3) is 10.5. The van der Waals surface area contributed by atoms with E-state index >= 15 is 0 Å². The molecule has 3 rings (SSSR count). The number of halogens is 2. The second kappa shape index (κ2) is 16.1. The maximum absolute atomic E-state index is 14.2. The molecule has 1 aliphatic rings. The lowest BCUT2D eigenvalue weighted by Gasteiger charge is -2.20. The van der Waals surface area contributed by atoms with Crippen LogP contribution < -0.4 is 16.2 Å². The Bertz CT molecular complexity index is 1320. The summed E-state index contributed by atoms with van der Waals surface area (Å²) in [5.41, 5.74) is 6.82. The summed E-state index contributed by atoms with van der Waals surface area (Å²) in [6.45, 7) is 11.2. The second-order valence-electron chi connectivity index (χ2n) is 8.23. The number of Topliss-reactive ketones (excluding diaryl/α,β-unsaturated/α-hetero) is 1. The summed E-state index contributed by atoms with van der Waals surface area (Å²) < 4.78 is 56.1. The maximum atomic E-state index is 14.2. The first-order valence-corrected chi connectivity index (χ1v) is 14.8. The lowest BCUT2D eigenvalue weighted by Crippen LogP contribution is -2.28. The quantitative estimate of drug-likeness (QED) is 0.242. The van der Waals surface area contributed by atoms with Crippen molar-refractivity contribution in [3.8, 4) is 0 Å². The normalized spacial score (nSPS) is 15.9. The highest BCUT2D eigenvalue weighted by Gasteiger charge is 2.25. The highest BCUT2D eigenvalue weighted by Crippen LogP contribution is 2.33. The summed E-state index contributed by atoms with van der Waals surface area (Å²) in [6, 6.07) is 6.99. The van der Waals surface area contributed by atoms with Crippen molar-refractivity contribution < 1.29 is 26.4 Å². The average molecular weight is 582 g/mol. The molecule has 0 saturated heterocycles. The topological polar surface area (TPSA) is 128 Å². The number of allylic oxidation sites excluding steroid dienone is 5. The second-order valence-corrected chi connectivity index (χ2v) is 11.0. The predicted octanol–water partition coefficient (Wildman–Crippen LogP) is 6.42. The molecule has 1 unspecified atom stereocenters. The Morgan fingerprint density at radius 3 is 2.15 bits per heavy atom. The molecule has 0 amide bonds. The monoisotopic (exact) mass is 581 g/mol. The number of hydrogen-bond acceptors (Lipinski definition) is 7. The summed E-state index contributed by atoms with van der Waals surface area (Å²) >= 11 is 0.974. The number of hydrogen-bond donors (Lipinski definition) is 3. The van der Waals surface area contributed by atoms with Crippen LogP contribution in [0.1, 0.15) is 63.6 Å². The fourth-order valence-corrected chi connectivity index (χ4v) is 4.75. The summed E-state index contributed by atoms with van der Waals surface area (Å²) in [4.78, 5) is 12.9. The zero-order valence-corrected chi connectivity index (χ0v) is 24.7. The van der Waals surface area contributed by atoms with Crippen molar-refractivity contribution >= 4 is 27.6 Å². The van der Waals surface area contributed by atoms with E-state index in [2.05, 4.69) is 5.32 Å². The summed E-state index contributed by atoms with van der Waals surface area (Å²) in [6.07, 6.45) is 7.22. The molecular formula is C28H37F2N3O4S2. The van der Waals surface area contributed by atoms with E-state index in [1.807, 2.05) is 46.8 Å². The molecule has 214 valence electrons. The minimum Gasteiger partial charge on any atom is -0.470 e. The first-order valence-electron chi connectivity index (χ1n) is 12.3. The van der Waals surface area contributed by atoms with Gasteiger partial charge in [-0.1, -0.05) is 50.8 Å². The van der Waals surface area contributed by atoms with Crippen LogP contribution in [-0.2, 0) is 10.0 Å². The highest BCUT2D eigenvalue weighted by atomic mass is 32.2. The van der Waals surface area contributed by atoms with E-state index in [0.717, 1.165) is 35.2 Å². The van der Waals surface area contributed by atoms with Crippen LogP contribution in [0.25, 0.3) is 0 Å². The van der Waals surface area contributed by atoms with Gasteiger partial charge in [0.05, 0.1) is 27.0 Å². The lowest BCUT2D eigenvalue weighted by atomic mass is 10.1. The predicted molar refractivity (Wildman–Crippen MR) is 155 cm³/mol. The fourth-order valence-electron chi connectivity index (χ4n) is 3.04. The molecule has 5 N–H and O–H groups in total. The van der Waals surface area contributed by atoms with Gasteiger partial charge in [-0.05, 0) is 69.5 Å². The van der Waals surface area contributed by atoms with Crippen molar-refractivity contribution in [2.75, 3.05) is 0 Å². The Kier molecular flexibility index (Phi) is 14.0. The van der Waals surface area contributed by atoms with Crippen LogP contribution >= 0.6 is 11.8 Å². The van der Waals surface area contributed by atoms with Crippen LogP contribution in [0, 0.1) is 18.6 Å². The Balaban J connectivity index is 0.000000821. The van der Waals surface area contributed by atoms with Gasteiger partial charge in [-0.3, -0.25) is 4.79 Å². The third-order valence-electron chi connectivity index (χ3n) is 5.28. The molecule has 0 radical (unpaired) electrons. The Morgan fingerprint density at radius 1 is 1.15 bits per heavy atom. The van der Waals surface area contributed by atoms with Crippen LogP contribution in [0.4, 0.5) is 8.78 Å². The van der Waals surface area contributed by atoms with Crippen molar-refractivity contribution in [2.24, 2.45) is 10.9 Å². The van der Waals surface area contributed by atoms with E-state index in [-0.39, 0.29) is 17.0 Å². The molecule has 0 saturated carbocycles. The van der Waals surface area contributed by atoms with Crippen LogP contribution in [0.2, 0.25) is 0 Å². The number of furan rings is 1. The van der Waals surface area contributed by atoms with E-state index in [1.165, 1.54) is 19.1 Å².